The number of hydrogen-bond donors (Lipinski definition) is 1. The van der Waals surface area contributed by atoms with E-state index in [4.69, 9.17) is 4.98 Å². The molecule has 1 aliphatic carbocycles. The van der Waals surface area contributed by atoms with Gasteiger partial charge in [0.2, 0.25) is 0 Å². The van der Waals surface area contributed by atoms with Crippen LogP contribution in [0.25, 0.3) is 11.0 Å². The van der Waals surface area contributed by atoms with Crippen LogP contribution in [0.15, 0.2) is 49.2 Å². The molecule has 5 rings (SSSR count). The third-order valence-corrected chi connectivity index (χ3v) is 5.78. The predicted molar refractivity (Wildman–Crippen MR) is 95.2 cm³/mol. The van der Waals surface area contributed by atoms with E-state index in [9.17, 15) is 5.11 Å². The van der Waals surface area contributed by atoms with E-state index in [-0.39, 0.29) is 12.1 Å². The van der Waals surface area contributed by atoms with Gasteiger partial charge in [-0.15, -0.1) is 0 Å². The molecule has 1 saturated carbocycles. The van der Waals surface area contributed by atoms with E-state index >= 15 is 0 Å². The van der Waals surface area contributed by atoms with Crippen LogP contribution in [0.3, 0.4) is 0 Å². The van der Waals surface area contributed by atoms with Crippen LogP contribution in [0, 0.1) is 11.8 Å². The van der Waals surface area contributed by atoms with Gasteiger partial charge >= 0.3 is 0 Å². The average Bonchev–Trinajstić information content (AvgIpc) is 3.30. The number of hydrogen-bond acceptors (Lipinski definition) is 5. The second-order valence-corrected chi connectivity index (χ2v) is 7.26. The van der Waals surface area contributed by atoms with Gasteiger partial charge in [-0.1, -0.05) is 12.1 Å². The number of rotatable bonds is 2. The minimum absolute atomic E-state index is 0.131. The van der Waals surface area contributed by atoms with Crippen LogP contribution >= 0.6 is 0 Å². The van der Waals surface area contributed by atoms with Crippen LogP contribution in [0.5, 0.6) is 0 Å². The summed E-state index contributed by atoms with van der Waals surface area (Å²) in [5.41, 5.74) is 1.87. The first kappa shape index (κ1) is 14.8. The Kier molecular flexibility index (Phi) is 3.45. The number of fused-ring (bicyclic) bond motifs is 2. The lowest BCUT2D eigenvalue weighted by molar-refractivity contribution is 0.0358. The highest BCUT2D eigenvalue weighted by molar-refractivity contribution is 5.75. The van der Waals surface area contributed by atoms with Crippen LogP contribution in [0.1, 0.15) is 18.9 Å². The van der Waals surface area contributed by atoms with E-state index in [2.05, 4.69) is 19.4 Å². The minimum atomic E-state index is -0.307. The molecular weight excluding hydrogens is 314 g/mol. The van der Waals surface area contributed by atoms with Crippen LogP contribution in [-0.2, 0) is 0 Å². The quantitative estimate of drug-likeness (QED) is 0.778. The number of nitrogens with zero attached hydrogens (tertiary/aromatic N) is 5. The molecule has 0 radical (unpaired) electrons. The monoisotopic (exact) mass is 335 g/mol. The first-order valence-electron chi connectivity index (χ1n) is 8.90. The summed E-state index contributed by atoms with van der Waals surface area (Å²) in [6.07, 6.45) is 8.95. The molecular formula is C19H21N5O. The molecule has 0 spiro atoms. The normalized spacial score (nSPS) is 29.1. The molecule has 2 fully saturated rings. The van der Waals surface area contributed by atoms with E-state index < -0.39 is 0 Å². The lowest BCUT2D eigenvalue weighted by atomic mass is 9.77. The number of aliphatic hydroxyl groups excluding tert-OH is 1. The molecule has 6 heteroatoms. The van der Waals surface area contributed by atoms with Gasteiger partial charge in [-0.25, -0.2) is 9.97 Å². The molecule has 2 aliphatic rings. The molecule has 6 nitrogen and oxygen atoms in total. The molecule has 1 aliphatic heterocycles. The summed E-state index contributed by atoms with van der Waals surface area (Å²) < 4.78 is 2.05. The van der Waals surface area contributed by atoms with Crippen LogP contribution in [0.2, 0.25) is 0 Å². The first-order valence-corrected chi connectivity index (χ1v) is 8.90. The van der Waals surface area contributed by atoms with Crippen molar-refractivity contribution in [3.8, 4) is 0 Å². The highest BCUT2D eigenvalue weighted by Gasteiger charge is 2.42. The van der Waals surface area contributed by atoms with Crippen molar-refractivity contribution < 1.29 is 5.11 Å². The van der Waals surface area contributed by atoms with Gasteiger partial charge in [0.05, 0.1) is 35.7 Å². The van der Waals surface area contributed by atoms with Crippen LogP contribution < -0.4 is 4.90 Å². The summed E-state index contributed by atoms with van der Waals surface area (Å²) >= 11 is 0. The maximum Gasteiger partial charge on any atom is 0.147 e. The lowest BCUT2D eigenvalue weighted by Gasteiger charge is -2.35. The molecule has 3 heterocycles. The predicted octanol–water partition coefficient (Wildman–Crippen LogP) is 2.27. The van der Waals surface area contributed by atoms with E-state index in [0.717, 1.165) is 42.8 Å². The number of imidazole rings is 1. The topological polar surface area (TPSA) is 67.1 Å². The molecule has 2 aromatic heterocycles. The number of para-hydroxylation sites is 2. The molecule has 0 unspecified atom stereocenters. The van der Waals surface area contributed by atoms with Crippen molar-refractivity contribution >= 4 is 16.9 Å². The third kappa shape index (κ3) is 2.57. The number of aliphatic hydroxyl groups is 1. The summed E-state index contributed by atoms with van der Waals surface area (Å²) in [6, 6.07) is 8.11. The minimum Gasteiger partial charge on any atom is -0.391 e. The smallest absolute Gasteiger partial charge is 0.147 e. The van der Waals surface area contributed by atoms with Crippen molar-refractivity contribution in [2.45, 2.75) is 25.0 Å². The summed E-state index contributed by atoms with van der Waals surface area (Å²) in [5.74, 6) is 2.04. The molecule has 0 bridgehead atoms. The van der Waals surface area contributed by atoms with E-state index in [1.54, 1.807) is 6.20 Å². The largest absolute Gasteiger partial charge is 0.391 e. The molecule has 25 heavy (non-hydrogen) atoms. The molecule has 4 atom stereocenters. The average molecular weight is 335 g/mol. The fourth-order valence-corrected chi connectivity index (χ4v) is 4.48. The zero-order chi connectivity index (χ0) is 16.8. The SMILES string of the molecule is O[C@@H]1C[C@H]2CN(c3cnc4ccccc4n3)C[C@H]2C[C@H]1n1ccnc1. The zero-order valence-corrected chi connectivity index (χ0v) is 13.9. The summed E-state index contributed by atoms with van der Waals surface area (Å²) in [6.45, 7) is 1.93. The van der Waals surface area contributed by atoms with Gasteiger partial charge in [-0.3, -0.25) is 4.98 Å². The van der Waals surface area contributed by atoms with Gasteiger partial charge in [-0.05, 0) is 36.8 Å². The molecule has 0 amide bonds. The van der Waals surface area contributed by atoms with Gasteiger partial charge in [0, 0.05) is 25.5 Å². The maximum absolute atomic E-state index is 10.6. The Bertz CT molecular complexity index is 880. The second kappa shape index (κ2) is 5.81. The Morgan fingerprint density at radius 1 is 1.04 bits per heavy atom. The maximum atomic E-state index is 10.6. The number of anilines is 1. The van der Waals surface area contributed by atoms with E-state index in [1.165, 1.54) is 0 Å². The molecule has 128 valence electrons. The zero-order valence-electron chi connectivity index (χ0n) is 13.9. The van der Waals surface area contributed by atoms with Crippen molar-refractivity contribution in [1.29, 1.82) is 0 Å². The molecule has 1 N–H and O–H groups in total. The van der Waals surface area contributed by atoms with E-state index in [0.29, 0.717) is 11.8 Å². The fraction of sp³-hybridized carbons (Fsp3) is 0.421. The Labute approximate surface area is 146 Å². The van der Waals surface area contributed by atoms with Crippen LogP contribution in [0.4, 0.5) is 5.82 Å². The van der Waals surface area contributed by atoms with Crippen molar-refractivity contribution in [1.82, 2.24) is 19.5 Å². The Morgan fingerprint density at radius 3 is 2.64 bits per heavy atom. The second-order valence-electron chi connectivity index (χ2n) is 7.26. The van der Waals surface area contributed by atoms with Gasteiger partial charge < -0.3 is 14.6 Å². The van der Waals surface area contributed by atoms with Gasteiger partial charge in [0.1, 0.15) is 5.82 Å². The van der Waals surface area contributed by atoms with Gasteiger partial charge in [0.25, 0.3) is 0 Å². The molecule has 1 saturated heterocycles. The standard InChI is InChI=1S/C19H21N5O/c25-18-8-14-11-24(10-13(14)7-17(18)23-6-5-20-12-23)19-9-21-15-3-1-2-4-16(15)22-19/h1-6,9,12-14,17-18,25H,7-8,10-11H2/t13-,14+,17-,18-/m1/s1. The summed E-state index contributed by atoms with van der Waals surface area (Å²) in [5, 5.41) is 10.6. The lowest BCUT2D eigenvalue weighted by Crippen LogP contribution is -2.35. The van der Waals surface area contributed by atoms with E-state index in [1.807, 2.05) is 43.0 Å². The van der Waals surface area contributed by atoms with Crippen LogP contribution in [-0.4, -0.2) is 43.8 Å². The third-order valence-electron chi connectivity index (χ3n) is 5.78. The molecule has 3 aromatic rings. The van der Waals surface area contributed by atoms with Crippen molar-refractivity contribution in [2.75, 3.05) is 18.0 Å². The van der Waals surface area contributed by atoms with Crippen molar-refractivity contribution in [2.24, 2.45) is 11.8 Å². The highest BCUT2D eigenvalue weighted by Crippen LogP contribution is 2.42. The summed E-state index contributed by atoms with van der Waals surface area (Å²) in [7, 11) is 0. The number of aromatic nitrogens is 4. The van der Waals surface area contributed by atoms with Gasteiger partial charge in [-0.2, -0.15) is 0 Å². The Hall–Kier alpha value is -2.47. The first-order chi connectivity index (χ1) is 12.3. The van der Waals surface area contributed by atoms with Gasteiger partial charge in [0.15, 0.2) is 0 Å². The highest BCUT2D eigenvalue weighted by atomic mass is 16.3. The Morgan fingerprint density at radius 2 is 1.84 bits per heavy atom. The molecule has 1 aromatic carbocycles. The Balaban J connectivity index is 1.38. The summed E-state index contributed by atoms with van der Waals surface area (Å²) in [4.78, 5) is 15.8. The van der Waals surface area contributed by atoms with Crippen molar-refractivity contribution in [3.63, 3.8) is 0 Å². The van der Waals surface area contributed by atoms with Crippen molar-refractivity contribution in [3.05, 3.63) is 49.2 Å². The fourth-order valence-electron chi connectivity index (χ4n) is 4.48. The number of benzene rings is 1.